The number of rotatable bonds is 4. The van der Waals surface area contributed by atoms with Gasteiger partial charge in [0.25, 0.3) is 0 Å². The number of ketones is 1. The van der Waals surface area contributed by atoms with E-state index in [1.165, 1.54) is 0 Å². The van der Waals surface area contributed by atoms with Crippen molar-refractivity contribution in [1.82, 2.24) is 0 Å². The molecule has 5 heteroatoms. The number of carbonyl (C=O) groups is 1. The first-order chi connectivity index (χ1) is 14.0. The molecule has 2 aliphatic rings. The van der Waals surface area contributed by atoms with Gasteiger partial charge in [-0.2, -0.15) is 0 Å². The average Bonchev–Trinajstić information content (AvgIpc) is 2.70. The van der Waals surface area contributed by atoms with Crippen molar-refractivity contribution < 1.29 is 19.4 Å². The second kappa shape index (κ2) is 8.33. The number of allylic oxidation sites excluding steroid dienone is 2. The number of aliphatic hydroxyl groups excluding tert-OH is 1. The molecule has 0 aromatic heterocycles. The summed E-state index contributed by atoms with van der Waals surface area (Å²) >= 11 is 3.42. The molecule has 0 saturated carbocycles. The molecule has 0 radical (unpaired) electrons. The normalized spacial score (nSPS) is 18.9. The monoisotopic (exact) mass is 456 g/mol. The Kier molecular flexibility index (Phi) is 5.79. The second-order valence-corrected chi connectivity index (χ2v) is 8.85. The Balaban J connectivity index is 1.68. The van der Waals surface area contributed by atoms with Crippen LogP contribution in [0.25, 0.3) is 5.57 Å². The first-order valence-electron chi connectivity index (χ1n) is 10.1. The molecular formula is C24H25BrO4. The van der Waals surface area contributed by atoms with Crippen LogP contribution in [0.4, 0.5) is 0 Å². The molecule has 1 spiro atoms. The van der Waals surface area contributed by atoms with Crippen molar-refractivity contribution in [1.29, 1.82) is 0 Å². The van der Waals surface area contributed by atoms with Crippen molar-refractivity contribution in [2.75, 3.05) is 13.2 Å². The van der Waals surface area contributed by atoms with Crippen LogP contribution in [0, 0.1) is 5.41 Å². The predicted molar refractivity (Wildman–Crippen MR) is 116 cm³/mol. The van der Waals surface area contributed by atoms with E-state index in [1.54, 1.807) is 0 Å². The van der Waals surface area contributed by atoms with Gasteiger partial charge in [-0.15, -0.1) is 0 Å². The van der Waals surface area contributed by atoms with Crippen LogP contribution in [-0.2, 0) is 16.0 Å². The van der Waals surface area contributed by atoms with Crippen LogP contribution in [0.1, 0.15) is 43.7 Å². The van der Waals surface area contributed by atoms with Crippen LogP contribution in [0.15, 0.2) is 52.7 Å². The minimum atomic E-state index is -0.152. The SMILES string of the molecule is CCc1ccc(Oc2ccc(Br)cc2)cc1C1=C(O)CC2(CCOCC2)CC1=O. The third-order valence-corrected chi connectivity index (χ3v) is 6.51. The summed E-state index contributed by atoms with van der Waals surface area (Å²) in [7, 11) is 0. The standard InChI is InChI=1S/C24H25BrO4/c1-2-16-3-6-19(29-18-7-4-17(25)5-8-18)13-20(16)23-21(26)14-24(15-22(23)27)9-11-28-12-10-24/h3-8,13,26H,2,9-12,14-15H2,1H3. The van der Waals surface area contributed by atoms with Crippen LogP contribution in [0.3, 0.4) is 0 Å². The fourth-order valence-corrected chi connectivity index (χ4v) is 4.62. The Hall–Kier alpha value is -2.11. The summed E-state index contributed by atoms with van der Waals surface area (Å²) in [5, 5.41) is 10.9. The van der Waals surface area contributed by atoms with Gasteiger partial charge in [0.2, 0.25) is 0 Å². The van der Waals surface area contributed by atoms with Crippen LogP contribution in [-0.4, -0.2) is 24.1 Å². The van der Waals surface area contributed by atoms with E-state index in [0.717, 1.165) is 40.6 Å². The summed E-state index contributed by atoms with van der Waals surface area (Å²) in [4.78, 5) is 13.1. The molecule has 29 heavy (non-hydrogen) atoms. The van der Waals surface area contributed by atoms with Crippen molar-refractivity contribution >= 4 is 27.3 Å². The molecule has 1 aliphatic heterocycles. The second-order valence-electron chi connectivity index (χ2n) is 7.94. The third-order valence-electron chi connectivity index (χ3n) is 5.98. The number of ether oxygens (including phenoxy) is 2. The number of hydrogen-bond acceptors (Lipinski definition) is 4. The van der Waals surface area contributed by atoms with Gasteiger partial charge in [0, 0.05) is 30.5 Å². The molecule has 152 valence electrons. The van der Waals surface area contributed by atoms with Crippen molar-refractivity contribution in [2.24, 2.45) is 5.41 Å². The number of Topliss-reactive ketones (excluding diaryl/α,β-unsaturated/α-hetero) is 1. The number of hydrogen-bond donors (Lipinski definition) is 1. The van der Waals surface area contributed by atoms with E-state index in [2.05, 4.69) is 22.9 Å². The smallest absolute Gasteiger partial charge is 0.167 e. The maximum atomic E-state index is 13.1. The first kappa shape index (κ1) is 20.2. The maximum absolute atomic E-state index is 13.1. The lowest BCUT2D eigenvalue weighted by Crippen LogP contribution is -2.36. The lowest BCUT2D eigenvalue weighted by atomic mass is 9.67. The van der Waals surface area contributed by atoms with Crippen LogP contribution in [0.2, 0.25) is 0 Å². The Morgan fingerprint density at radius 1 is 1.07 bits per heavy atom. The molecule has 1 N–H and O–H groups in total. The van der Waals surface area contributed by atoms with Crippen LogP contribution in [0.5, 0.6) is 11.5 Å². The summed E-state index contributed by atoms with van der Waals surface area (Å²) in [5.74, 6) is 1.60. The quantitative estimate of drug-likeness (QED) is 0.591. The molecule has 0 unspecified atom stereocenters. The van der Waals surface area contributed by atoms with Crippen molar-refractivity contribution in [2.45, 2.75) is 39.0 Å². The number of aliphatic hydroxyl groups is 1. The molecule has 0 amide bonds. The van der Waals surface area contributed by atoms with Gasteiger partial charge in [0.05, 0.1) is 5.57 Å². The summed E-state index contributed by atoms with van der Waals surface area (Å²) in [6.45, 7) is 3.37. The molecular weight excluding hydrogens is 432 g/mol. The number of halogens is 1. The minimum Gasteiger partial charge on any atom is -0.512 e. The fourth-order valence-electron chi connectivity index (χ4n) is 4.36. The molecule has 1 fully saturated rings. The summed E-state index contributed by atoms with van der Waals surface area (Å²) in [6, 6.07) is 13.4. The lowest BCUT2D eigenvalue weighted by molar-refractivity contribution is -0.118. The third kappa shape index (κ3) is 4.26. The van der Waals surface area contributed by atoms with E-state index in [4.69, 9.17) is 9.47 Å². The van der Waals surface area contributed by atoms with E-state index < -0.39 is 0 Å². The molecule has 1 heterocycles. The van der Waals surface area contributed by atoms with E-state index in [0.29, 0.717) is 37.4 Å². The van der Waals surface area contributed by atoms with Gasteiger partial charge in [-0.3, -0.25) is 4.79 Å². The zero-order chi connectivity index (χ0) is 20.4. The van der Waals surface area contributed by atoms with E-state index >= 15 is 0 Å². The van der Waals surface area contributed by atoms with E-state index in [-0.39, 0.29) is 17.0 Å². The van der Waals surface area contributed by atoms with Gasteiger partial charge >= 0.3 is 0 Å². The summed E-state index contributed by atoms with van der Waals surface area (Å²) < 4.78 is 12.4. The largest absolute Gasteiger partial charge is 0.512 e. The highest BCUT2D eigenvalue weighted by molar-refractivity contribution is 9.10. The predicted octanol–water partition coefficient (Wildman–Crippen LogP) is 6.23. The van der Waals surface area contributed by atoms with E-state index in [1.807, 2.05) is 42.5 Å². The van der Waals surface area contributed by atoms with Crippen LogP contribution >= 0.6 is 15.9 Å². The molecule has 2 aromatic rings. The van der Waals surface area contributed by atoms with Crippen LogP contribution < -0.4 is 4.74 Å². The Morgan fingerprint density at radius 2 is 1.76 bits per heavy atom. The first-order valence-corrected chi connectivity index (χ1v) is 10.9. The van der Waals surface area contributed by atoms with Crippen molar-refractivity contribution in [3.8, 4) is 11.5 Å². The summed E-state index contributed by atoms with van der Waals surface area (Å²) in [6.07, 6.45) is 3.43. The van der Waals surface area contributed by atoms with Gasteiger partial charge < -0.3 is 14.6 Å². The average molecular weight is 457 g/mol. The van der Waals surface area contributed by atoms with Gasteiger partial charge in [0.1, 0.15) is 17.3 Å². The minimum absolute atomic E-state index is 0.0196. The van der Waals surface area contributed by atoms with Gasteiger partial charge in [-0.25, -0.2) is 0 Å². The van der Waals surface area contributed by atoms with Crippen molar-refractivity contribution in [3.63, 3.8) is 0 Å². The van der Waals surface area contributed by atoms with Crippen molar-refractivity contribution in [3.05, 3.63) is 63.8 Å². The summed E-state index contributed by atoms with van der Waals surface area (Å²) in [5.41, 5.74) is 2.12. The fraction of sp³-hybridized carbons (Fsp3) is 0.375. The Morgan fingerprint density at radius 3 is 2.41 bits per heavy atom. The molecule has 2 aromatic carbocycles. The van der Waals surface area contributed by atoms with E-state index in [9.17, 15) is 9.90 Å². The molecule has 4 nitrogen and oxygen atoms in total. The van der Waals surface area contributed by atoms with Gasteiger partial charge in [0.15, 0.2) is 5.78 Å². The molecule has 4 rings (SSSR count). The zero-order valence-corrected chi connectivity index (χ0v) is 18.1. The number of aryl methyl sites for hydroxylation is 1. The molecule has 0 bridgehead atoms. The highest BCUT2D eigenvalue weighted by Gasteiger charge is 2.41. The van der Waals surface area contributed by atoms with Gasteiger partial charge in [-0.05, 0) is 72.2 Å². The van der Waals surface area contributed by atoms with Gasteiger partial charge in [-0.1, -0.05) is 28.9 Å². The highest BCUT2D eigenvalue weighted by atomic mass is 79.9. The molecule has 1 aliphatic carbocycles. The highest BCUT2D eigenvalue weighted by Crippen LogP contribution is 2.47. The topological polar surface area (TPSA) is 55.8 Å². The molecule has 0 atom stereocenters. The maximum Gasteiger partial charge on any atom is 0.167 e. The Labute approximate surface area is 179 Å². The zero-order valence-electron chi connectivity index (χ0n) is 16.5. The molecule has 1 saturated heterocycles. The number of benzene rings is 2. The number of carbonyl (C=O) groups excluding carboxylic acids is 1. The Bertz CT molecular complexity index is 940. The lowest BCUT2D eigenvalue weighted by Gasteiger charge is -2.39.